The molecule has 0 saturated carbocycles. The van der Waals surface area contributed by atoms with Gasteiger partial charge in [0.15, 0.2) is 0 Å². The topological polar surface area (TPSA) is 25.8 Å². The summed E-state index contributed by atoms with van der Waals surface area (Å²) in [6.45, 7) is 0. The minimum atomic E-state index is 0.952. The number of fused-ring (bicyclic) bond motifs is 6. The van der Waals surface area contributed by atoms with Gasteiger partial charge in [-0.05, 0) is 45.3 Å². The summed E-state index contributed by atoms with van der Waals surface area (Å²) in [7, 11) is 0. The van der Waals surface area contributed by atoms with Crippen LogP contribution in [0.2, 0.25) is 0 Å². The van der Waals surface area contributed by atoms with Crippen molar-refractivity contribution in [3.63, 3.8) is 0 Å². The number of rotatable bonds is 1. The fraction of sp³-hybridized carbons (Fsp3) is 0. The third-order valence-corrected chi connectivity index (χ3v) is 5.50. The summed E-state index contributed by atoms with van der Waals surface area (Å²) >= 11 is 0. The van der Waals surface area contributed by atoms with Crippen LogP contribution in [-0.4, -0.2) is 9.97 Å². The molecule has 6 rings (SSSR count). The van der Waals surface area contributed by atoms with Gasteiger partial charge in [-0.25, -0.2) is 0 Å². The SMILES string of the molecule is c1ccc2c(c1)ccc1cc(-c3cnc4c(ccc5cccnc54)c3)ccc12. The second kappa shape index (κ2) is 5.86. The molecule has 130 valence electrons. The van der Waals surface area contributed by atoms with Crippen LogP contribution in [0.4, 0.5) is 0 Å². The molecule has 2 nitrogen and oxygen atoms in total. The van der Waals surface area contributed by atoms with Gasteiger partial charge in [-0.2, -0.15) is 0 Å². The lowest BCUT2D eigenvalue weighted by atomic mass is 9.97. The van der Waals surface area contributed by atoms with E-state index in [1.165, 1.54) is 27.1 Å². The van der Waals surface area contributed by atoms with Gasteiger partial charge >= 0.3 is 0 Å². The lowest BCUT2D eigenvalue weighted by Gasteiger charge is -2.08. The smallest absolute Gasteiger partial charge is 0.0964 e. The van der Waals surface area contributed by atoms with Crippen LogP contribution in [0.1, 0.15) is 0 Å². The average Bonchev–Trinajstić information content (AvgIpc) is 2.78. The Labute approximate surface area is 162 Å². The number of hydrogen-bond acceptors (Lipinski definition) is 2. The third kappa shape index (κ3) is 2.28. The Bertz CT molecular complexity index is 1400. The second-order valence-corrected chi connectivity index (χ2v) is 7.16. The van der Waals surface area contributed by atoms with Crippen molar-refractivity contribution in [1.29, 1.82) is 0 Å². The largest absolute Gasteiger partial charge is 0.254 e. The molecule has 0 N–H and O–H groups in total. The van der Waals surface area contributed by atoms with E-state index in [4.69, 9.17) is 4.98 Å². The maximum Gasteiger partial charge on any atom is 0.0964 e. The lowest BCUT2D eigenvalue weighted by Crippen LogP contribution is -1.87. The van der Waals surface area contributed by atoms with Crippen molar-refractivity contribution >= 4 is 43.4 Å². The number of pyridine rings is 2. The van der Waals surface area contributed by atoms with Gasteiger partial charge in [0.1, 0.15) is 0 Å². The van der Waals surface area contributed by atoms with Crippen LogP contribution in [0.3, 0.4) is 0 Å². The summed E-state index contributed by atoms with van der Waals surface area (Å²) in [5.74, 6) is 0. The lowest BCUT2D eigenvalue weighted by molar-refractivity contribution is 1.37. The van der Waals surface area contributed by atoms with Crippen LogP contribution < -0.4 is 0 Å². The Hall–Kier alpha value is -3.78. The fourth-order valence-electron chi connectivity index (χ4n) is 4.09. The maximum atomic E-state index is 4.75. The standard InChI is InChI=1S/C26H16N2/c1-2-6-23-17(4-1)7-9-20-14-19(11-12-24(20)23)22-15-21-10-8-18-5-3-13-27-25(18)26(21)28-16-22/h1-16H. The van der Waals surface area contributed by atoms with Crippen molar-refractivity contribution in [3.05, 3.63) is 97.3 Å². The number of nitrogens with zero attached hydrogens (tertiary/aromatic N) is 2. The molecule has 0 atom stereocenters. The van der Waals surface area contributed by atoms with Gasteiger partial charge in [0, 0.05) is 28.7 Å². The summed E-state index contributed by atoms with van der Waals surface area (Å²) < 4.78 is 0. The Morgan fingerprint density at radius 1 is 0.464 bits per heavy atom. The normalized spacial score (nSPS) is 11.6. The highest BCUT2D eigenvalue weighted by Gasteiger charge is 2.07. The minimum absolute atomic E-state index is 0.952. The zero-order chi connectivity index (χ0) is 18.5. The molecule has 2 heterocycles. The molecule has 0 aliphatic rings. The van der Waals surface area contributed by atoms with Crippen LogP contribution in [0.25, 0.3) is 54.5 Å². The van der Waals surface area contributed by atoms with Gasteiger partial charge in [0.2, 0.25) is 0 Å². The van der Waals surface area contributed by atoms with E-state index in [0.29, 0.717) is 0 Å². The van der Waals surface area contributed by atoms with Crippen LogP contribution >= 0.6 is 0 Å². The molecule has 0 fully saturated rings. The molecular weight excluding hydrogens is 340 g/mol. The molecule has 2 aromatic heterocycles. The van der Waals surface area contributed by atoms with Crippen LogP contribution in [0.15, 0.2) is 97.3 Å². The highest BCUT2D eigenvalue weighted by molar-refractivity contribution is 6.09. The van der Waals surface area contributed by atoms with E-state index in [9.17, 15) is 0 Å². The van der Waals surface area contributed by atoms with E-state index < -0.39 is 0 Å². The van der Waals surface area contributed by atoms with Crippen molar-refractivity contribution in [1.82, 2.24) is 9.97 Å². The summed E-state index contributed by atoms with van der Waals surface area (Å²) in [6, 6.07) is 30.1. The molecule has 28 heavy (non-hydrogen) atoms. The predicted molar refractivity (Wildman–Crippen MR) is 117 cm³/mol. The molecule has 2 heteroatoms. The summed E-state index contributed by atoms with van der Waals surface area (Å²) in [5.41, 5.74) is 4.21. The Morgan fingerprint density at radius 3 is 2.18 bits per heavy atom. The Kier molecular flexibility index (Phi) is 3.20. The molecule has 0 spiro atoms. The van der Waals surface area contributed by atoms with Gasteiger partial charge in [-0.15, -0.1) is 0 Å². The molecule has 0 aliphatic carbocycles. The summed E-state index contributed by atoms with van der Waals surface area (Å²) in [5, 5.41) is 7.33. The molecule has 0 amide bonds. The first-order valence-corrected chi connectivity index (χ1v) is 9.42. The molecule has 0 bridgehead atoms. The van der Waals surface area contributed by atoms with Gasteiger partial charge in [-0.3, -0.25) is 9.97 Å². The predicted octanol–water partition coefficient (Wildman–Crippen LogP) is 6.76. The molecule has 0 unspecified atom stereocenters. The first-order chi connectivity index (χ1) is 13.9. The van der Waals surface area contributed by atoms with Crippen molar-refractivity contribution in [2.24, 2.45) is 0 Å². The molecular formula is C26H16N2. The fourth-order valence-corrected chi connectivity index (χ4v) is 4.09. The van der Waals surface area contributed by atoms with Crippen LogP contribution in [0, 0.1) is 0 Å². The van der Waals surface area contributed by atoms with Crippen LogP contribution in [0.5, 0.6) is 0 Å². The second-order valence-electron chi connectivity index (χ2n) is 7.16. The maximum absolute atomic E-state index is 4.75. The quantitative estimate of drug-likeness (QED) is 0.304. The zero-order valence-corrected chi connectivity index (χ0v) is 15.1. The van der Waals surface area contributed by atoms with Gasteiger partial charge < -0.3 is 0 Å². The third-order valence-electron chi connectivity index (χ3n) is 5.50. The van der Waals surface area contributed by atoms with Crippen LogP contribution in [-0.2, 0) is 0 Å². The van der Waals surface area contributed by atoms with Crippen molar-refractivity contribution in [2.45, 2.75) is 0 Å². The summed E-state index contributed by atoms with van der Waals surface area (Å²) in [6.07, 6.45) is 3.78. The number of benzene rings is 4. The Morgan fingerprint density at radius 2 is 1.18 bits per heavy atom. The number of hydrogen-bond donors (Lipinski definition) is 0. The first-order valence-electron chi connectivity index (χ1n) is 9.42. The van der Waals surface area contributed by atoms with E-state index in [2.05, 4.69) is 83.8 Å². The van der Waals surface area contributed by atoms with E-state index in [1.807, 2.05) is 18.5 Å². The highest BCUT2D eigenvalue weighted by atomic mass is 14.7. The van der Waals surface area contributed by atoms with E-state index in [-0.39, 0.29) is 0 Å². The van der Waals surface area contributed by atoms with Crippen molar-refractivity contribution in [3.8, 4) is 11.1 Å². The van der Waals surface area contributed by atoms with Gasteiger partial charge in [0.25, 0.3) is 0 Å². The van der Waals surface area contributed by atoms with E-state index in [0.717, 1.165) is 27.4 Å². The Balaban J connectivity index is 1.55. The molecule has 0 saturated heterocycles. The van der Waals surface area contributed by atoms with E-state index in [1.54, 1.807) is 0 Å². The van der Waals surface area contributed by atoms with E-state index >= 15 is 0 Å². The monoisotopic (exact) mass is 356 g/mol. The highest BCUT2D eigenvalue weighted by Crippen LogP contribution is 2.31. The first kappa shape index (κ1) is 15.3. The van der Waals surface area contributed by atoms with Gasteiger partial charge in [0.05, 0.1) is 11.0 Å². The van der Waals surface area contributed by atoms with Crippen molar-refractivity contribution < 1.29 is 0 Å². The molecule has 0 aliphatic heterocycles. The summed E-state index contributed by atoms with van der Waals surface area (Å²) in [4.78, 5) is 9.27. The molecule has 4 aromatic carbocycles. The zero-order valence-electron chi connectivity index (χ0n) is 15.1. The minimum Gasteiger partial charge on any atom is -0.254 e. The molecule has 6 aromatic rings. The molecule has 0 radical (unpaired) electrons. The number of aromatic nitrogens is 2. The van der Waals surface area contributed by atoms with Crippen molar-refractivity contribution in [2.75, 3.05) is 0 Å². The van der Waals surface area contributed by atoms with Gasteiger partial charge in [-0.1, -0.05) is 66.7 Å². The average molecular weight is 356 g/mol.